The first kappa shape index (κ1) is 33.5. The molecule has 1 saturated carbocycles. The highest BCUT2D eigenvalue weighted by Crippen LogP contribution is 2.56. The first-order valence-electron chi connectivity index (χ1n) is 8.44. The van der Waals surface area contributed by atoms with E-state index in [1.807, 2.05) is 0 Å². The van der Waals surface area contributed by atoms with Gasteiger partial charge in [0, 0.05) is 6.54 Å². The molecule has 0 amide bonds. The lowest BCUT2D eigenvalue weighted by molar-refractivity contribution is -0.205. The summed E-state index contributed by atoms with van der Waals surface area (Å²) in [7, 11) is -28.7. The van der Waals surface area contributed by atoms with Gasteiger partial charge < -0.3 is 54.9 Å². The van der Waals surface area contributed by atoms with Gasteiger partial charge in [0.05, 0.1) is 6.61 Å². The lowest BCUT2D eigenvalue weighted by atomic mass is 9.85. The third kappa shape index (κ3) is 12.2. The molecule has 1 unspecified atom stereocenters. The van der Waals surface area contributed by atoms with Crippen LogP contribution in [-0.4, -0.2) is 98.9 Å². The molecule has 0 saturated heterocycles. The van der Waals surface area contributed by atoms with E-state index < -0.39 is 88.9 Å². The Labute approximate surface area is 194 Å². The fourth-order valence-electron chi connectivity index (χ4n) is 2.73. The topological polar surface area (TPSA) is 369 Å². The summed E-state index contributed by atoms with van der Waals surface area (Å²) in [4.78, 5) is 82.9. The summed E-state index contributed by atoms with van der Waals surface area (Å²) in [6.07, 6.45) is -17.1. The van der Waals surface area contributed by atoms with Crippen molar-refractivity contribution in [3.05, 3.63) is 0 Å². The van der Waals surface area contributed by atoms with Crippen molar-refractivity contribution in [1.82, 2.24) is 0 Å². The largest absolute Gasteiger partial charge is 0.472 e. The van der Waals surface area contributed by atoms with E-state index in [0.717, 1.165) is 0 Å². The van der Waals surface area contributed by atoms with Crippen LogP contribution in [0.3, 0.4) is 0 Å². The maximum Gasteiger partial charge on any atom is 0.472 e. The van der Waals surface area contributed by atoms with Gasteiger partial charge in [-0.25, -0.2) is 22.8 Å². The van der Waals surface area contributed by atoms with E-state index in [9.17, 15) is 42.6 Å². The van der Waals surface area contributed by atoms with Crippen LogP contribution in [0.4, 0.5) is 0 Å². The number of aliphatic hydroxyl groups is 1. The molecule has 1 aliphatic carbocycles. The van der Waals surface area contributed by atoms with Crippen molar-refractivity contribution in [1.29, 1.82) is 0 Å². The van der Waals surface area contributed by atoms with Gasteiger partial charge in [0.25, 0.3) is 0 Å². The fourth-order valence-corrected chi connectivity index (χ4v) is 5.91. The van der Waals surface area contributed by atoms with Gasteiger partial charge in [-0.3, -0.25) is 27.1 Å². The zero-order chi connectivity index (χ0) is 27.6. The van der Waals surface area contributed by atoms with Crippen LogP contribution in [0.5, 0.6) is 0 Å². The molecule has 1 rings (SSSR count). The minimum Gasteiger partial charge on any atom is -0.387 e. The molecule has 7 atom stereocenters. The summed E-state index contributed by atoms with van der Waals surface area (Å²) < 4.78 is 83.5. The van der Waals surface area contributed by atoms with E-state index in [0.29, 0.717) is 0 Å². The van der Waals surface area contributed by atoms with Crippen molar-refractivity contribution < 1.29 is 99.1 Å². The van der Waals surface area contributed by atoms with E-state index in [1.54, 1.807) is 0 Å². The van der Waals surface area contributed by atoms with Gasteiger partial charge >= 0.3 is 39.1 Å². The molecule has 0 radical (unpaired) electrons. The molecule has 0 aromatic carbocycles. The molecule has 0 bridgehead atoms. The summed E-state index contributed by atoms with van der Waals surface area (Å²) in [5.41, 5.74) is 5.08. The van der Waals surface area contributed by atoms with Gasteiger partial charge in [0.15, 0.2) is 0 Å². The lowest BCUT2D eigenvalue weighted by Gasteiger charge is -2.47. The molecule has 12 N–H and O–H groups in total. The van der Waals surface area contributed by atoms with Crippen LogP contribution in [0, 0.1) is 0 Å². The minimum absolute atomic E-state index is 0.409. The quantitative estimate of drug-likeness (QED) is 0.0896. The maximum atomic E-state index is 12.2. The summed E-state index contributed by atoms with van der Waals surface area (Å²) in [6, 6.07) is 0. The van der Waals surface area contributed by atoms with E-state index in [2.05, 4.69) is 27.1 Å². The average molecular weight is 623 g/mol. The van der Waals surface area contributed by atoms with Gasteiger partial charge in [-0.15, -0.1) is 0 Å². The van der Waals surface area contributed by atoms with Crippen molar-refractivity contribution in [2.24, 2.45) is 5.73 Å². The summed E-state index contributed by atoms with van der Waals surface area (Å²) in [5, 5.41) is 10.5. The molecular formula is C8H22NO21P5. The Morgan fingerprint density at radius 2 is 0.829 bits per heavy atom. The second-order valence-electron chi connectivity index (χ2n) is 6.39. The number of aliphatic hydroxyl groups excluding tert-OH is 1. The van der Waals surface area contributed by atoms with Crippen LogP contribution >= 0.6 is 39.1 Å². The van der Waals surface area contributed by atoms with Gasteiger partial charge in [-0.05, 0) is 0 Å². The first-order chi connectivity index (χ1) is 15.4. The second kappa shape index (κ2) is 12.1. The van der Waals surface area contributed by atoms with Crippen molar-refractivity contribution in [2.75, 3.05) is 13.2 Å². The third-order valence-electron chi connectivity index (χ3n) is 3.63. The average Bonchev–Trinajstić information content (AvgIpc) is 2.59. The SMILES string of the molecule is NCCOP(=O)(O)O[C@@H]1[C@H](OP(=O)(O)O)[C@H](OP(=O)(O)O)[C@@H](OP(=O)(O)O)[C@H](O)[C@H]1OP(=O)(O)O. The summed E-state index contributed by atoms with van der Waals surface area (Å²) in [6.45, 7) is -1.13. The molecule has 0 aromatic rings. The van der Waals surface area contributed by atoms with Crippen LogP contribution in [0.25, 0.3) is 0 Å². The van der Waals surface area contributed by atoms with Crippen molar-refractivity contribution in [3.63, 3.8) is 0 Å². The van der Waals surface area contributed by atoms with E-state index >= 15 is 0 Å². The fraction of sp³-hybridized carbons (Fsp3) is 1.00. The normalized spacial score (nSPS) is 30.7. The van der Waals surface area contributed by atoms with Crippen LogP contribution in [0.1, 0.15) is 0 Å². The van der Waals surface area contributed by atoms with E-state index in [-0.39, 0.29) is 0 Å². The molecule has 210 valence electrons. The first-order valence-corrected chi connectivity index (χ1v) is 16.1. The molecular weight excluding hydrogens is 601 g/mol. The highest BCUT2D eigenvalue weighted by Gasteiger charge is 2.61. The molecule has 0 aromatic heterocycles. The van der Waals surface area contributed by atoms with E-state index in [4.69, 9.17) is 35.1 Å². The minimum atomic E-state index is -5.86. The van der Waals surface area contributed by atoms with Crippen molar-refractivity contribution in [2.45, 2.75) is 36.6 Å². The van der Waals surface area contributed by atoms with Crippen LogP contribution in [0.15, 0.2) is 0 Å². The Balaban J connectivity index is 3.78. The predicted octanol–water partition coefficient (Wildman–Crippen LogP) is -3.27. The Kier molecular flexibility index (Phi) is 11.6. The van der Waals surface area contributed by atoms with Crippen molar-refractivity contribution in [3.8, 4) is 0 Å². The highest BCUT2D eigenvalue weighted by molar-refractivity contribution is 7.48. The molecule has 0 spiro atoms. The predicted molar refractivity (Wildman–Crippen MR) is 103 cm³/mol. The molecule has 27 heteroatoms. The maximum absolute atomic E-state index is 12.2. The smallest absolute Gasteiger partial charge is 0.387 e. The Morgan fingerprint density at radius 3 is 1.14 bits per heavy atom. The highest BCUT2D eigenvalue weighted by atomic mass is 31.2. The molecule has 35 heavy (non-hydrogen) atoms. The summed E-state index contributed by atoms with van der Waals surface area (Å²) >= 11 is 0. The molecule has 1 aliphatic rings. The van der Waals surface area contributed by atoms with Crippen LogP contribution in [0.2, 0.25) is 0 Å². The number of rotatable bonds is 13. The van der Waals surface area contributed by atoms with Crippen molar-refractivity contribution >= 4 is 39.1 Å². The number of hydrogen-bond donors (Lipinski definition) is 11. The zero-order valence-corrected chi connectivity index (χ0v) is 21.1. The van der Waals surface area contributed by atoms with Crippen LogP contribution < -0.4 is 5.73 Å². The lowest BCUT2D eigenvalue weighted by Crippen LogP contribution is -2.66. The Morgan fingerprint density at radius 1 is 0.543 bits per heavy atom. The second-order valence-corrected chi connectivity index (χ2v) is 12.6. The van der Waals surface area contributed by atoms with Gasteiger partial charge in [-0.1, -0.05) is 0 Å². The Hall–Kier alpha value is 0.470. The summed E-state index contributed by atoms with van der Waals surface area (Å²) in [5.74, 6) is 0. The third-order valence-corrected chi connectivity index (χ3v) is 6.72. The molecule has 0 heterocycles. The van der Waals surface area contributed by atoms with Crippen LogP contribution in [-0.2, 0) is 50.0 Å². The molecule has 1 fully saturated rings. The standard InChI is InChI=1S/C8H22NO21P5/c9-1-2-25-35(23,24)30-7-5(27-32(14,15)16)3(10)4(26-31(11,12)13)6(28-33(17,18)19)8(7)29-34(20,21)22/h3-8,10H,1-2,9H2,(H,23,24)(H2,11,12,13)(H2,14,15,16)(H2,17,18,19)(H2,20,21,22)/t3-,4-,5+,6+,7-,8+/m0/s1. The Bertz CT molecular complexity index is 947. The number of phosphoric acid groups is 5. The van der Waals surface area contributed by atoms with Gasteiger partial charge in [0.2, 0.25) is 0 Å². The molecule has 22 nitrogen and oxygen atoms in total. The van der Waals surface area contributed by atoms with Gasteiger partial charge in [-0.2, -0.15) is 0 Å². The van der Waals surface area contributed by atoms with Gasteiger partial charge in [0.1, 0.15) is 36.6 Å². The number of nitrogens with two attached hydrogens (primary N) is 1. The van der Waals surface area contributed by atoms with E-state index in [1.165, 1.54) is 0 Å². The zero-order valence-electron chi connectivity index (χ0n) is 16.7. The monoisotopic (exact) mass is 623 g/mol. The number of phosphoric ester groups is 5. The molecule has 0 aliphatic heterocycles. The number of hydrogen-bond acceptors (Lipinski definition) is 13.